The van der Waals surface area contributed by atoms with Crippen molar-refractivity contribution in [1.82, 2.24) is 25.1 Å². The number of ether oxygens (including phenoxy) is 1. The Bertz CT molecular complexity index is 1320. The van der Waals surface area contributed by atoms with Crippen LogP contribution >= 0.6 is 0 Å². The van der Waals surface area contributed by atoms with E-state index in [2.05, 4.69) is 54.8 Å². The van der Waals surface area contributed by atoms with Crippen molar-refractivity contribution in [2.75, 3.05) is 62.0 Å². The number of nitrogens with one attached hydrogen (secondary N) is 3. The molecule has 1 aromatic carbocycles. The van der Waals surface area contributed by atoms with Crippen LogP contribution in [0.15, 0.2) is 30.3 Å². The monoisotopic (exact) mass is 531 g/mol. The largest absolute Gasteiger partial charge is 0.381 e. The third-order valence-electron chi connectivity index (χ3n) is 8.33. The molecule has 39 heavy (non-hydrogen) atoms. The second kappa shape index (κ2) is 10.5. The fraction of sp³-hybridized carbons (Fsp3) is 0.500. The van der Waals surface area contributed by atoms with Gasteiger partial charge < -0.3 is 30.9 Å². The molecule has 5 N–H and O–H groups in total. The fourth-order valence-corrected chi connectivity index (χ4v) is 5.96. The zero-order valence-electron chi connectivity index (χ0n) is 22.7. The van der Waals surface area contributed by atoms with Gasteiger partial charge in [0.2, 0.25) is 0 Å². The number of H-pyrrole nitrogens is 1. The van der Waals surface area contributed by atoms with Crippen molar-refractivity contribution in [1.29, 1.82) is 0 Å². The number of hydrogen-bond acceptors (Lipinski definition) is 9. The number of primary amides is 1. The number of carbonyl (C=O) groups excluding carboxylic acids is 1. The predicted molar refractivity (Wildman–Crippen MR) is 151 cm³/mol. The van der Waals surface area contributed by atoms with Gasteiger partial charge in [0, 0.05) is 62.5 Å². The van der Waals surface area contributed by atoms with Gasteiger partial charge in [0.1, 0.15) is 11.4 Å². The molecule has 1 saturated carbocycles. The molecule has 3 aliphatic rings. The van der Waals surface area contributed by atoms with Crippen molar-refractivity contribution in [2.24, 2.45) is 11.1 Å². The number of aromatic nitrogens is 4. The van der Waals surface area contributed by atoms with Crippen LogP contribution in [0.1, 0.15) is 41.9 Å². The van der Waals surface area contributed by atoms with E-state index in [4.69, 9.17) is 15.5 Å². The number of anilines is 4. The first-order chi connectivity index (χ1) is 18.9. The molecule has 11 heteroatoms. The van der Waals surface area contributed by atoms with Gasteiger partial charge in [-0.2, -0.15) is 5.10 Å². The smallest absolute Gasteiger partial charge is 0.271 e. The van der Waals surface area contributed by atoms with Crippen LogP contribution in [0.25, 0.3) is 11.4 Å². The first-order valence-corrected chi connectivity index (χ1v) is 13.8. The molecular formula is C28H37N9O2. The number of amides is 1. The number of aromatic amines is 1. The lowest BCUT2D eigenvalue weighted by atomic mass is 9.61. The van der Waals surface area contributed by atoms with Crippen LogP contribution in [0, 0.1) is 12.3 Å². The van der Waals surface area contributed by atoms with Gasteiger partial charge in [0.05, 0.1) is 0 Å². The SMILES string of the molecule is Cc1cc(-c2nc(C(N)=O)c(Nc3ccc(N4CCN(C)CC4)cc3)nc2NC2CC3(CCOCC3)C2)n[nH]1. The Kier molecular flexibility index (Phi) is 6.86. The molecule has 0 radical (unpaired) electrons. The molecule has 0 unspecified atom stereocenters. The average molecular weight is 532 g/mol. The quantitative estimate of drug-likeness (QED) is 0.362. The van der Waals surface area contributed by atoms with Crippen molar-refractivity contribution < 1.29 is 9.53 Å². The van der Waals surface area contributed by atoms with E-state index in [0.717, 1.165) is 76.5 Å². The fourth-order valence-electron chi connectivity index (χ4n) is 5.96. The number of rotatable bonds is 7. The minimum Gasteiger partial charge on any atom is -0.381 e. The molecule has 2 saturated heterocycles. The van der Waals surface area contributed by atoms with E-state index in [0.29, 0.717) is 28.4 Å². The number of nitrogens with zero attached hydrogens (tertiary/aromatic N) is 5. The lowest BCUT2D eigenvalue weighted by Gasteiger charge is -2.50. The summed E-state index contributed by atoms with van der Waals surface area (Å²) in [4.78, 5) is 26.8. The molecule has 3 fully saturated rings. The minimum absolute atomic E-state index is 0.0776. The number of likely N-dealkylation sites (N-methyl/N-ethyl adjacent to an activating group) is 1. The average Bonchev–Trinajstić information content (AvgIpc) is 3.35. The van der Waals surface area contributed by atoms with E-state index < -0.39 is 5.91 Å². The summed E-state index contributed by atoms with van der Waals surface area (Å²) in [5, 5.41) is 14.3. The summed E-state index contributed by atoms with van der Waals surface area (Å²) in [6.45, 7) is 7.68. The maximum Gasteiger partial charge on any atom is 0.271 e. The van der Waals surface area contributed by atoms with E-state index in [1.807, 2.05) is 25.1 Å². The molecule has 4 heterocycles. The van der Waals surface area contributed by atoms with E-state index >= 15 is 0 Å². The number of carbonyl (C=O) groups is 1. The molecule has 0 atom stereocenters. The molecule has 206 valence electrons. The van der Waals surface area contributed by atoms with Crippen molar-refractivity contribution in [2.45, 2.75) is 38.6 Å². The van der Waals surface area contributed by atoms with Crippen LogP contribution in [0.5, 0.6) is 0 Å². The summed E-state index contributed by atoms with van der Waals surface area (Å²) in [5.74, 6) is 0.271. The third kappa shape index (κ3) is 5.41. The topological polar surface area (TPSA) is 137 Å². The standard InChI is InChI=1S/C28H37N9O2/c1-18-15-22(35-34-18)23-26(31-20-16-28(17-20)7-13-39-14-8-28)33-27(24(32-23)25(29)38)30-19-3-5-21(6-4-19)37-11-9-36(2)10-12-37/h3-6,15,20H,7-14,16-17H2,1-2H3,(H2,29,38)(H,34,35)(H2,30,31,33). The Hall–Kier alpha value is -3.70. The number of nitrogens with two attached hydrogens (primary N) is 1. The van der Waals surface area contributed by atoms with Crippen molar-refractivity contribution >= 4 is 28.9 Å². The van der Waals surface area contributed by atoms with Gasteiger partial charge in [-0.25, -0.2) is 9.97 Å². The van der Waals surface area contributed by atoms with Crippen molar-refractivity contribution in [3.05, 3.63) is 41.7 Å². The lowest BCUT2D eigenvalue weighted by molar-refractivity contribution is -0.0342. The Labute approximate surface area is 228 Å². The van der Waals surface area contributed by atoms with E-state index in [-0.39, 0.29) is 11.7 Å². The van der Waals surface area contributed by atoms with Gasteiger partial charge in [0.25, 0.3) is 5.91 Å². The summed E-state index contributed by atoms with van der Waals surface area (Å²) in [6, 6.07) is 10.3. The molecule has 3 aromatic rings. The maximum atomic E-state index is 12.5. The number of piperazine rings is 1. The maximum absolute atomic E-state index is 12.5. The van der Waals surface area contributed by atoms with Crippen LogP contribution in [0.3, 0.4) is 0 Å². The predicted octanol–water partition coefficient (Wildman–Crippen LogP) is 3.14. The highest BCUT2D eigenvalue weighted by molar-refractivity contribution is 5.97. The van der Waals surface area contributed by atoms with Gasteiger partial charge in [-0.15, -0.1) is 0 Å². The van der Waals surface area contributed by atoms with Crippen LogP contribution in [0.4, 0.5) is 23.0 Å². The van der Waals surface area contributed by atoms with Gasteiger partial charge in [-0.05, 0) is 75.4 Å². The summed E-state index contributed by atoms with van der Waals surface area (Å²) in [7, 11) is 2.15. The Morgan fingerprint density at radius 1 is 1.08 bits per heavy atom. The highest BCUT2D eigenvalue weighted by Gasteiger charge is 2.45. The summed E-state index contributed by atoms with van der Waals surface area (Å²) >= 11 is 0. The first kappa shape index (κ1) is 25.6. The van der Waals surface area contributed by atoms with Crippen molar-refractivity contribution in [3.63, 3.8) is 0 Å². The minimum atomic E-state index is -0.649. The molecule has 2 aliphatic heterocycles. The first-order valence-electron chi connectivity index (χ1n) is 13.8. The van der Waals surface area contributed by atoms with Gasteiger partial charge in [-0.3, -0.25) is 9.89 Å². The van der Waals surface area contributed by atoms with E-state index in [9.17, 15) is 4.79 Å². The van der Waals surface area contributed by atoms with Crippen molar-refractivity contribution in [3.8, 4) is 11.4 Å². The highest BCUT2D eigenvalue weighted by atomic mass is 16.5. The van der Waals surface area contributed by atoms with E-state index in [1.165, 1.54) is 5.69 Å². The van der Waals surface area contributed by atoms with Crippen LogP contribution in [-0.2, 0) is 4.74 Å². The highest BCUT2D eigenvalue weighted by Crippen LogP contribution is 2.50. The molecule has 11 nitrogen and oxygen atoms in total. The second-order valence-electron chi connectivity index (χ2n) is 11.2. The second-order valence-corrected chi connectivity index (χ2v) is 11.2. The molecule has 1 spiro atoms. The summed E-state index contributed by atoms with van der Waals surface area (Å²) < 4.78 is 5.58. The van der Waals surface area contributed by atoms with Crippen LogP contribution in [-0.4, -0.2) is 83.5 Å². The molecule has 1 amide bonds. The molecule has 1 aliphatic carbocycles. The Morgan fingerprint density at radius 3 is 2.44 bits per heavy atom. The number of benzene rings is 1. The third-order valence-corrected chi connectivity index (χ3v) is 8.33. The summed E-state index contributed by atoms with van der Waals surface area (Å²) in [5.41, 5.74) is 10.2. The van der Waals surface area contributed by atoms with Gasteiger partial charge >= 0.3 is 0 Å². The molecule has 0 bridgehead atoms. The van der Waals surface area contributed by atoms with Gasteiger partial charge in [0.15, 0.2) is 17.3 Å². The number of hydrogen-bond donors (Lipinski definition) is 4. The van der Waals surface area contributed by atoms with Crippen LogP contribution < -0.4 is 21.3 Å². The lowest BCUT2D eigenvalue weighted by Crippen LogP contribution is -2.48. The molecular weight excluding hydrogens is 494 g/mol. The van der Waals surface area contributed by atoms with Gasteiger partial charge in [-0.1, -0.05) is 0 Å². The molecule has 6 rings (SSSR count). The van der Waals surface area contributed by atoms with E-state index in [1.54, 1.807) is 0 Å². The zero-order valence-corrected chi connectivity index (χ0v) is 22.7. The Morgan fingerprint density at radius 2 is 1.79 bits per heavy atom. The summed E-state index contributed by atoms with van der Waals surface area (Å²) in [6.07, 6.45) is 4.32. The zero-order chi connectivity index (χ0) is 27.0. The molecule has 2 aromatic heterocycles. The number of aryl methyl sites for hydroxylation is 1. The van der Waals surface area contributed by atoms with Crippen LogP contribution in [0.2, 0.25) is 0 Å². The normalized spacial score (nSPS) is 19.6. The Balaban J connectivity index is 1.27.